The highest BCUT2D eigenvalue weighted by Gasteiger charge is 2.42. The van der Waals surface area contributed by atoms with Crippen LogP contribution in [0.15, 0.2) is 71.1 Å². The Balaban J connectivity index is 1.81. The molecule has 0 fully saturated rings. The summed E-state index contributed by atoms with van der Waals surface area (Å²) in [6.45, 7) is 5.71. The van der Waals surface area contributed by atoms with Crippen LogP contribution in [-0.4, -0.2) is 25.0 Å². The minimum absolute atomic E-state index is 0.0194. The third-order valence-electron chi connectivity index (χ3n) is 6.72. The van der Waals surface area contributed by atoms with E-state index < -0.39 is 11.9 Å². The molecule has 1 heterocycles. The molecule has 2 aliphatic rings. The van der Waals surface area contributed by atoms with E-state index in [1.165, 1.54) is 0 Å². The number of halogens is 1. The topological polar surface area (TPSA) is 64.6 Å². The SMILES string of the molecule is CC[C@H](C)OC(=O)C1=C(C)NC2=C(C(=O)C[C@@H](c3ccc(Cl)cc3)C2)[C@H]1c1ccccc1OC. The van der Waals surface area contributed by atoms with Crippen molar-refractivity contribution in [3.8, 4) is 5.75 Å². The molecular formula is C28H30ClNO4. The summed E-state index contributed by atoms with van der Waals surface area (Å²) in [5.41, 5.74) is 4.49. The first-order chi connectivity index (χ1) is 16.3. The van der Waals surface area contributed by atoms with Gasteiger partial charge in [0.25, 0.3) is 0 Å². The number of ether oxygens (including phenoxy) is 2. The van der Waals surface area contributed by atoms with E-state index in [0.29, 0.717) is 46.9 Å². The number of methoxy groups -OCH3 is 1. The fourth-order valence-corrected chi connectivity index (χ4v) is 4.95. The molecule has 2 aromatic carbocycles. The number of allylic oxidation sites excluding steroid dienone is 3. The summed E-state index contributed by atoms with van der Waals surface area (Å²) in [6.07, 6.45) is 1.51. The summed E-state index contributed by atoms with van der Waals surface area (Å²) in [4.78, 5) is 27.0. The maximum Gasteiger partial charge on any atom is 0.337 e. The maximum absolute atomic E-state index is 13.7. The van der Waals surface area contributed by atoms with Crippen LogP contribution >= 0.6 is 11.6 Å². The minimum atomic E-state index is -0.553. The monoisotopic (exact) mass is 479 g/mol. The Morgan fingerprint density at radius 2 is 1.85 bits per heavy atom. The first-order valence-electron chi connectivity index (χ1n) is 11.7. The van der Waals surface area contributed by atoms with E-state index in [4.69, 9.17) is 21.1 Å². The number of carbonyl (C=O) groups excluding carboxylic acids is 2. The maximum atomic E-state index is 13.7. The second-order valence-electron chi connectivity index (χ2n) is 8.93. The van der Waals surface area contributed by atoms with Crippen LogP contribution in [0.1, 0.15) is 63.0 Å². The highest BCUT2D eigenvalue weighted by molar-refractivity contribution is 6.30. The van der Waals surface area contributed by atoms with Gasteiger partial charge in [-0.1, -0.05) is 48.9 Å². The van der Waals surface area contributed by atoms with Gasteiger partial charge in [-0.05, 0) is 56.4 Å². The predicted molar refractivity (Wildman–Crippen MR) is 133 cm³/mol. The molecule has 3 atom stereocenters. The van der Waals surface area contributed by atoms with Crippen LogP contribution in [0, 0.1) is 0 Å². The summed E-state index contributed by atoms with van der Waals surface area (Å²) >= 11 is 6.07. The van der Waals surface area contributed by atoms with E-state index in [2.05, 4.69) is 5.32 Å². The van der Waals surface area contributed by atoms with Crippen LogP contribution in [-0.2, 0) is 14.3 Å². The lowest BCUT2D eigenvalue weighted by atomic mass is 9.71. The number of para-hydroxylation sites is 1. The van der Waals surface area contributed by atoms with Crippen molar-refractivity contribution < 1.29 is 19.1 Å². The van der Waals surface area contributed by atoms with Crippen LogP contribution in [0.3, 0.4) is 0 Å². The molecule has 0 amide bonds. The normalized spacial score (nSPS) is 21.0. The van der Waals surface area contributed by atoms with Crippen molar-refractivity contribution in [3.05, 3.63) is 87.2 Å². The Hall–Kier alpha value is -3.05. The van der Waals surface area contributed by atoms with Crippen molar-refractivity contribution in [3.63, 3.8) is 0 Å². The van der Waals surface area contributed by atoms with Gasteiger partial charge in [0.05, 0.1) is 24.7 Å². The second kappa shape index (κ2) is 10.1. The van der Waals surface area contributed by atoms with Gasteiger partial charge in [0.1, 0.15) is 5.75 Å². The Labute approximate surface area is 205 Å². The average Bonchev–Trinajstić information content (AvgIpc) is 2.83. The summed E-state index contributed by atoms with van der Waals surface area (Å²) in [7, 11) is 1.60. The smallest absolute Gasteiger partial charge is 0.337 e. The molecule has 0 saturated heterocycles. The lowest BCUT2D eigenvalue weighted by molar-refractivity contribution is -0.144. The zero-order valence-electron chi connectivity index (χ0n) is 20.0. The number of hydrogen-bond acceptors (Lipinski definition) is 5. The number of dihydropyridines is 1. The van der Waals surface area contributed by atoms with Gasteiger partial charge in [-0.2, -0.15) is 0 Å². The zero-order chi connectivity index (χ0) is 24.4. The van der Waals surface area contributed by atoms with Gasteiger partial charge in [-0.3, -0.25) is 4.79 Å². The molecule has 4 rings (SSSR count). The molecule has 6 heteroatoms. The largest absolute Gasteiger partial charge is 0.496 e. The lowest BCUT2D eigenvalue weighted by Gasteiger charge is -2.37. The van der Waals surface area contributed by atoms with Crippen molar-refractivity contribution >= 4 is 23.4 Å². The Morgan fingerprint density at radius 1 is 1.15 bits per heavy atom. The Kier molecular flexibility index (Phi) is 7.13. The lowest BCUT2D eigenvalue weighted by Crippen LogP contribution is -2.36. The van der Waals surface area contributed by atoms with E-state index in [1.54, 1.807) is 7.11 Å². The van der Waals surface area contributed by atoms with E-state index in [0.717, 1.165) is 16.8 Å². The molecular weight excluding hydrogens is 450 g/mol. The van der Waals surface area contributed by atoms with Gasteiger partial charge in [-0.25, -0.2) is 4.79 Å². The van der Waals surface area contributed by atoms with E-state index in [1.807, 2.05) is 69.3 Å². The quantitative estimate of drug-likeness (QED) is 0.511. The third-order valence-corrected chi connectivity index (χ3v) is 6.97. The second-order valence-corrected chi connectivity index (χ2v) is 9.37. The first-order valence-corrected chi connectivity index (χ1v) is 12.0. The zero-order valence-corrected chi connectivity index (χ0v) is 20.7. The molecule has 0 saturated carbocycles. The van der Waals surface area contributed by atoms with Crippen molar-refractivity contribution in [2.45, 2.75) is 58.0 Å². The van der Waals surface area contributed by atoms with Crippen LogP contribution in [0.25, 0.3) is 0 Å². The number of ketones is 1. The molecule has 0 bridgehead atoms. The Bertz CT molecular complexity index is 1170. The molecule has 1 aliphatic carbocycles. The van der Waals surface area contributed by atoms with Gasteiger partial charge in [0, 0.05) is 34.0 Å². The average molecular weight is 480 g/mol. The minimum Gasteiger partial charge on any atom is -0.496 e. The van der Waals surface area contributed by atoms with Crippen LogP contribution in [0.4, 0.5) is 0 Å². The van der Waals surface area contributed by atoms with Gasteiger partial charge < -0.3 is 14.8 Å². The highest BCUT2D eigenvalue weighted by Crippen LogP contribution is 2.47. The van der Waals surface area contributed by atoms with E-state index in [9.17, 15) is 9.59 Å². The molecule has 1 N–H and O–H groups in total. The molecule has 0 aromatic heterocycles. The summed E-state index contributed by atoms with van der Waals surface area (Å²) < 4.78 is 11.4. The third kappa shape index (κ3) is 4.62. The molecule has 0 radical (unpaired) electrons. The van der Waals surface area contributed by atoms with Gasteiger partial charge in [-0.15, -0.1) is 0 Å². The molecule has 2 aromatic rings. The molecule has 5 nitrogen and oxygen atoms in total. The van der Waals surface area contributed by atoms with Crippen molar-refractivity contribution in [1.29, 1.82) is 0 Å². The molecule has 1 aliphatic heterocycles. The first kappa shape index (κ1) is 24.1. The summed E-state index contributed by atoms with van der Waals surface area (Å²) in [5, 5.41) is 4.06. The molecule has 0 spiro atoms. The number of benzene rings is 2. The summed E-state index contributed by atoms with van der Waals surface area (Å²) in [6, 6.07) is 15.2. The number of esters is 1. The number of hydrogen-bond donors (Lipinski definition) is 1. The number of Topliss-reactive ketones (excluding diaryl/α,β-unsaturated/α-hetero) is 1. The van der Waals surface area contributed by atoms with Crippen LogP contribution in [0.5, 0.6) is 5.75 Å². The number of nitrogens with one attached hydrogen (secondary N) is 1. The fraction of sp³-hybridized carbons (Fsp3) is 0.357. The highest BCUT2D eigenvalue weighted by atomic mass is 35.5. The van der Waals surface area contributed by atoms with Crippen molar-refractivity contribution in [2.24, 2.45) is 0 Å². The molecule has 178 valence electrons. The van der Waals surface area contributed by atoms with Crippen LogP contribution in [0.2, 0.25) is 5.02 Å². The van der Waals surface area contributed by atoms with E-state index in [-0.39, 0.29) is 17.8 Å². The van der Waals surface area contributed by atoms with Gasteiger partial charge >= 0.3 is 5.97 Å². The van der Waals surface area contributed by atoms with Crippen molar-refractivity contribution in [1.82, 2.24) is 5.32 Å². The van der Waals surface area contributed by atoms with E-state index >= 15 is 0 Å². The fourth-order valence-electron chi connectivity index (χ4n) is 4.83. The predicted octanol–water partition coefficient (Wildman–Crippen LogP) is 6.05. The standard InChI is InChI=1S/C28H30ClNO4/c1-5-16(2)34-28(32)25-17(3)30-22-14-19(18-10-12-20(29)13-11-18)15-23(31)27(22)26(25)21-8-6-7-9-24(21)33-4/h6-13,16,19,26,30H,5,14-15H2,1-4H3/t16-,19-,26-/m0/s1. The number of rotatable bonds is 6. The van der Waals surface area contributed by atoms with Gasteiger partial charge in [0.15, 0.2) is 5.78 Å². The molecule has 0 unspecified atom stereocenters. The Morgan fingerprint density at radius 3 is 2.53 bits per heavy atom. The number of carbonyl (C=O) groups is 2. The van der Waals surface area contributed by atoms with Crippen molar-refractivity contribution in [2.75, 3.05) is 7.11 Å². The summed E-state index contributed by atoms with van der Waals surface area (Å²) in [5.74, 6) is -0.269. The molecule has 34 heavy (non-hydrogen) atoms. The van der Waals surface area contributed by atoms with Crippen LogP contribution < -0.4 is 10.1 Å². The van der Waals surface area contributed by atoms with Gasteiger partial charge in [0.2, 0.25) is 0 Å².